The fourth-order valence-corrected chi connectivity index (χ4v) is 3.05. The number of ether oxygens (including phenoxy) is 4. The monoisotopic (exact) mass is 506 g/mol. The van der Waals surface area contributed by atoms with Crippen LogP contribution in [0.3, 0.4) is 0 Å². The van der Waals surface area contributed by atoms with E-state index < -0.39 is 24.5 Å². The van der Waals surface area contributed by atoms with Gasteiger partial charge in [-0.2, -0.15) is 0 Å². The average Bonchev–Trinajstić information content (AvgIpc) is 2.92. The predicted octanol–water partition coefficient (Wildman–Crippen LogP) is 4.17. The SMILES string of the molecule is COC(=O)c1ccc(NC(=O)COC(=O)CCC(=O)Nc2ccc(Oc3ccc(OC)cc3)cc2)cc1. The summed E-state index contributed by atoms with van der Waals surface area (Å²) in [6.07, 6.45) is -0.300. The molecular weight excluding hydrogens is 480 g/mol. The Morgan fingerprint density at radius 1 is 0.649 bits per heavy atom. The van der Waals surface area contributed by atoms with Gasteiger partial charge in [-0.3, -0.25) is 14.4 Å². The molecule has 0 radical (unpaired) electrons. The molecule has 0 aliphatic rings. The number of esters is 2. The van der Waals surface area contributed by atoms with Gasteiger partial charge >= 0.3 is 11.9 Å². The van der Waals surface area contributed by atoms with Crippen molar-refractivity contribution in [1.82, 2.24) is 0 Å². The lowest BCUT2D eigenvalue weighted by molar-refractivity contribution is -0.147. The van der Waals surface area contributed by atoms with Gasteiger partial charge < -0.3 is 29.6 Å². The van der Waals surface area contributed by atoms with E-state index in [4.69, 9.17) is 14.2 Å². The van der Waals surface area contributed by atoms with Crippen LogP contribution >= 0.6 is 0 Å². The molecule has 3 aromatic rings. The molecule has 0 heterocycles. The molecule has 0 bridgehead atoms. The molecule has 192 valence electrons. The number of rotatable bonds is 11. The second-order valence-corrected chi connectivity index (χ2v) is 7.63. The minimum atomic E-state index is -0.686. The summed E-state index contributed by atoms with van der Waals surface area (Å²) in [5, 5.41) is 5.23. The van der Waals surface area contributed by atoms with E-state index in [9.17, 15) is 19.2 Å². The molecule has 0 saturated carbocycles. The van der Waals surface area contributed by atoms with Crippen LogP contribution in [0.15, 0.2) is 72.8 Å². The van der Waals surface area contributed by atoms with Crippen molar-refractivity contribution < 1.29 is 38.1 Å². The zero-order valence-corrected chi connectivity index (χ0v) is 20.3. The summed E-state index contributed by atoms with van der Waals surface area (Å²) >= 11 is 0. The van der Waals surface area contributed by atoms with Gasteiger partial charge in [-0.15, -0.1) is 0 Å². The third-order valence-corrected chi connectivity index (χ3v) is 4.94. The van der Waals surface area contributed by atoms with Gasteiger partial charge in [-0.05, 0) is 72.8 Å². The largest absolute Gasteiger partial charge is 0.497 e. The lowest BCUT2D eigenvalue weighted by Gasteiger charge is -2.09. The van der Waals surface area contributed by atoms with E-state index in [2.05, 4.69) is 15.4 Å². The first-order valence-corrected chi connectivity index (χ1v) is 11.2. The highest BCUT2D eigenvalue weighted by Crippen LogP contribution is 2.25. The molecular formula is C27H26N2O8. The third-order valence-electron chi connectivity index (χ3n) is 4.94. The number of carbonyl (C=O) groups excluding carboxylic acids is 4. The summed E-state index contributed by atoms with van der Waals surface area (Å²) in [5.41, 5.74) is 1.30. The van der Waals surface area contributed by atoms with Gasteiger partial charge in [0.25, 0.3) is 5.91 Å². The average molecular weight is 507 g/mol. The van der Waals surface area contributed by atoms with E-state index in [-0.39, 0.29) is 18.7 Å². The fraction of sp³-hybridized carbons (Fsp3) is 0.185. The Morgan fingerprint density at radius 3 is 1.73 bits per heavy atom. The molecule has 0 aliphatic heterocycles. The van der Waals surface area contributed by atoms with Crippen LogP contribution in [0.4, 0.5) is 11.4 Å². The Hall–Kier alpha value is -4.86. The standard InChI is InChI=1S/C27H26N2O8/c1-34-21-11-13-23(14-12-21)37-22-9-7-20(8-10-22)28-24(30)15-16-26(32)36-17-25(31)29-19-5-3-18(4-6-19)27(33)35-2/h3-14H,15-17H2,1-2H3,(H,28,30)(H,29,31). The summed E-state index contributed by atoms with van der Waals surface area (Å²) in [6, 6.07) is 19.9. The fourth-order valence-electron chi connectivity index (χ4n) is 3.05. The molecule has 2 N–H and O–H groups in total. The van der Waals surface area contributed by atoms with Crippen molar-refractivity contribution >= 4 is 35.1 Å². The molecule has 0 atom stereocenters. The Labute approximate surface area is 213 Å². The number of hydrogen-bond donors (Lipinski definition) is 2. The van der Waals surface area contributed by atoms with Gasteiger partial charge in [0.2, 0.25) is 5.91 Å². The minimum Gasteiger partial charge on any atom is -0.497 e. The first kappa shape index (κ1) is 26.7. The van der Waals surface area contributed by atoms with Gasteiger partial charge in [0.15, 0.2) is 6.61 Å². The van der Waals surface area contributed by atoms with Crippen molar-refractivity contribution in [2.45, 2.75) is 12.8 Å². The smallest absolute Gasteiger partial charge is 0.337 e. The summed E-state index contributed by atoms with van der Waals surface area (Å²) in [5.74, 6) is -0.162. The second-order valence-electron chi connectivity index (χ2n) is 7.63. The van der Waals surface area contributed by atoms with E-state index in [0.29, 0.717) is 28.4 Å². The van der Waals surface area contributed by atoms with Crippen LogP contribution in [0.1, 0.15) is 23.2 Å². The van der Waals surface area contributed by atoms with Crippen LogP contribution in [0.25, 0.3) is 0 Å². The maximum Gasteiger partial charge on any atom is 0.337 e. The van der Waals surface area contributed by atoms with E-state index in [1.807, 2.05) is 0 Å². The van der Waals surface area contributed by atoms with E-state index in [1.54, 1.807) is 55.6 Å². The maximum absolute atomic E-state index is 12.2. The Kier molecular flexibility index (Phi) is 9.60. The van der Waals surface area contributed by atoms with Crippen molar-refractivity contribution in [2.75, 3.05) is 31.5 Å². The zero-order valence-electron chi connectivity index (χ0n) is 20.3. The first-order chi connectivity index (χ1) is 17.9. The molecule has 0 unspecified atom stereocenters. The van der Waals surface area contributed by atoms with Crippen LogP contribution in [0.2, 0.25) is 0 Å². The third kappa shape index (κ3) is 8.70. The highest BCUT2D eigenvalue weighted by atomic mass is 16.5. The molecule has 10 heteroatoms. The number of anilines is 2. The number of benzene rings is 3. The molecule has 37 heavy (non-hydrogen) atoms. The Bertz CT molecular complexity index is 1220. The van der Waals surface area contributed by atoms with Crippen LogP contribution in [-0.2, 0) is 23.9 Å². The van der Waals surface area contributed by atoms with Crippen LogP contribution in [0.5, 0.6) is 17.2 Å². The van der Waals surface area contributed by atoms with Crippen molar-refractivity contribution in [1.29, 1.82) is 0 Å². The zero-order chi connectivity index (χ0) is 26.6. The number of carbonyl (C=O) groups is 4. The molecule has 0 spiro atoms. The van der Waals surface area contributed by atoms with E-state index in [0.717, 1.165) is 5.75 Å². The highest BCUT2D eigenvalue weighted by Gasteiger charge is 2.12. The Morgan fingerprint density at radius 2 is 1.16 bits per heavy atom. The summed E-state index contributed by atoms with van der Waals surface area (Å²) < 4.78 is 20.4. The lowest BCUT2D eigenvalue weighted by Crippen LogP contribution is -2.21. The van der Waals surface area contributed by atoms with Gasteiger partial charge in [0.05, 0.1) is 26.2 Å². The van der Waals surface area contributed by atoms with Gasteiger partial charge in [-0.25, -0.2) is 4.79 Å². The summed E-state index contributed by atoms with van der Waals surface area (Å²) in [6.45, 7) is -0.505. The quantitative estimate of drug-likeness (QED) is 0.371. The molecule has 0 aromatic heterocycles. The molecule has 10 nitrogen and oxygen atoms in total. The molecule has 0 aliphatic carbocycles. The second kappa shape index (κ2) is 13.3. The molecule has 2 amide bonds. The van der Waals surface area contributed by atoms with Gasteiger partial charge in [0, 0.05) is 17.8 Å². The van der Waals surface area contributed by atoms with Gasteiger partial charge in [-0.1, -0.05) is 0 Å². The van der Waals surface area contributed by atoms with Crippen molar-refractivity contribution in [3.8, 4) is 17.2 Å². The lowest BCUT2D eigenvalue weighted by atomic mass is 10.2. The molecule has 3 aromatic carbocycles. The van der Waals surface area contributed by atoms with Crippen LogP contribution < -0.4 is 20.1 Å². The summed E-state index contributed by atoms with van der Waals surface area (Å²) in [4.78, 5) is 47.5. The minimum absolute atomic E-state index is 0.112. The normalized spacial score (nSPS) is 10.1. The van der Waals surface area contributed by atoms with E-state index in [1.165, 1.54) is 31.4 Å². The predicted molar refractivity (Wildman–Crippen MR) is 135 cm³/mol. The Balaban J connectivity index is 1.35. The molecule has 0 saturated heterocycles. The molecule has 3 rings (SSSR count). The van der Waals surface area contributed by atoms with Crippen LogP contribution in [-0.4, -0.2) is 44.6 Å². The topological polar surface area (TPSA) is 129 Å². The number of hydrogen-bond acceptors (Lipinski definition) is 8. The first-order valence-electron chi connectivity index (χ1n) is 11.2. The number of nitrogens with one attached hydrogen (secondary N) is 2. The van der Waals surface area contributed by atoms with Crippen molar-refractivity contribution in [3.05, 3.63) is 78.4 Å². The van der Waals surface area contributed by atoms with E-state index >= 15 is 0 Å². The highest BCUT2D eigenvalue weighted by molar-refractivity contribution is 5.95. The van der Waals surface area contributed by atoms with Crippen LogP contribution in [0, 0.1) is 0 Å². The molecule has 0 fully saturated rings. The summed E-state index contributed by atoms with van der Waals surface area (Å²) in [7, 11) is 2.86. The van der Waals surface area contributed by atoms with Crippen molar-refractivity contribution in [2.24, 2.45) is 0 Å². The van der Waals surface area contributed by atoms with Gasteiger partial charge in [0.1, 0.15) is 17.2 Å². The number of amides is 2. The maximum atomic E-state index is 12.2. The van der Waals surface area contributed by atoms with Crippen molar-refractivity contribution in [3.63, 3.8) is 0 Å². The number of methoxy groups -OCH3 is 2.